The van der Waals surface area contributed by atoms with Gasteiger partial charge in [0.1, 0.15) is 11.8 Å². The molecule has 0 amide bonds. The number of anilines is 1. The number of hydrogen-bond acceptors (Lipinski definition) is 5. The first-order valence-corrected chi connectivity index (χ1v) is 8.57. The molecular formula is C16H18N4O2S. The minimum Gasteiger partial charge on any atom is -0.382 e. The van der Waals surface area contributed by atoms with Crippen LogP contribution in [0.5, 0.6) is 0 Å². The quantitative estimate of drug-likeness (QED) is 0.790. The number of hydrogen-bond donors (Lipinski definition) is 2. The maximum Gasteiger partial charge on any atom is 0.240 e. The molecule has 6 nitrogen and oxygen atoms in total. The molecule has 0 aliphatic heterocycles. The fraction of sp³-hybridized carbons (Fsp3) is 0.250. The predicted molar refractivity (Wildman–Crippen MR) is 88.5 cm³/mol. The van der Waals surface area contributed by atoms with E-state index < -0.39 is 10.0 Å². The standard InChI is InChI=1S/C16H18N4O2S/c1-12-3-4-13(2)16(9-12)23(21,22)20-8-7-18-15-6-5-14(10-17)19-11-15/h3-6,9,11,18,20H,7-8H2,1-2H3. The zero-order chi connectivity index (χ0) is 16.9. The Hall–Kier alpha value is -2.43. The highest BCUT2D eigenvalue weighted by molar-refractivity contribution is 7.89. The third-order valence-corrected chi connectivity index (χ3v) is 4.86. The molecule has 23 heavy (non-hydrogen) atoms. The van der Waals surface area contributed by atoms with E-state index in [1.807, 2.05) is 19.1 Å². The molecule has 1 aromatic heterocycles. The van der Waals surface area contributed by atoms with E-state index >= 15 is 0 Å². The molecule has 120 valence electrons. The van der Waals surface area contributed by atoms with Crippen molar-refractivity contribution in [1.82, 2.24) is 9.71 Å². The van der Waals surface area contributed by atoms with E-state index in [1.54, 1.807) is 31.2 Å². The second-order valence-corrected chi connectivity index (χ2v) is 6.87. The fourth-order valence-corrected chi connectivity index (χ4v) is 3.39. The highest BCUT2D eigenvalue weighted by atomic mass is 32.2. The van der Waals surface area contributed by atoms with Crippen molar-refractivity contribution in [3.8, 4) is 6.07 Å². The van der Waals surface area contributed by atoms with Crippen LogP contribution >= 0.6 is 0 Å². The van der Waals surface area contributed by atoms with Gasteiger partial charge < -0.3 is 5.32 Å². The largest absolute Gasteiger partial charge is 0.382 e. The Morgan fingerprint density at radius 3 is 2.61 bits per heavy atom. The first-order valence-electron chi connectivity index (χ1n) is 7.09. The van der Waals surface area contributed by atoms with Crippen LogP contribution in [0.4, 0.5) is 5.69 Å². The lowest BCUT2D eigenvalue weighted by Gasteiger charge is -2.11. The molecule has 0 saturated carbocycles. The number of benzene rings is 1. The molecule has 0 fully saturated rings. The zero-order valence-electron chi connectivity index (χ0n) is 13.0. The molecule has 0 unspecified atom stereocenters. The smallest absolute Gasteiger partial charge is 0.240 e. The van der Waals surface area contributed by atoms with Crippen LogP contribution < -0.4 is 10.0 Å². The third-order valence-electron chi connectivity index (χ3n) is 3.26. The summed E-state index contributed by atoms with van der Waals surface area (Å²) in [5.74, 6) is 0. The lowest BCUT2D eigenvalue weighted by Crippen LogP contribution is -2.29. The van der Waals surface area contributed by atoms with Gasteiger partial charge in [-0.05, 0) is 43.2 Å². The van der Waals surface area contributed by atoms with Crippen molar-refractivity contribution in [2.45, 2.75) is 18.7 Å². The van der Waals surface area contributed by atoms with Crippen molar-refractivity contribution in [2.24, 2.45) is 0 Å². The molecule has 0 spiro atoms. The number of nitrogens with one attached hydrogen (secondary N) is 2. The number of nitrogens with zero attached hydrogens (tertiary/aromatic N) is 2. The maximum absolute atomic E-state index is 12.3. The fourth-order valence-electron chi connectivity index (χ4n) is 2.03. The molecule has 2 rings (SSSR count). The van der Waals surface area contributed by atoms with Crippen LogP contribution in [0.25, 0.3) is 0 Å². The Bertz CT molecular complexity index is 824. The van der Waals surface area contributed by atoms with Crippen LogP contribution in [0, 0.1) is 25.2 Å². The Labute approximate surface area is 136 Å². The first-order chi connectivity index (χ1) is 10.9. The van der Waals surface area contributed by atoms with Crippen molar-refractivity contribution in [3.63, 3.8) is 0 Å². The summed E-state index contributed by atoms with van der Waals surface area (Å²) in [6, 6.07) is 10.6. The van der Waals surface area contributed by atoms with E-state index in [0.29, 0.717) is 22.7 Å². The van der Waals surface area contributed by atoms with Crippen LogP contribution in [0.2, 0.25) is 0 Å². The van der Waals surface area contributed by atoms with Crippen LogP contribution in [0.15, 0.2) is 41.4 Å². The van der Waals surface area contributed by atoms with Crippen LogP contribution in [-0.4, -0.2) is 26.5 Å². The topological polar surface area (TPSA) is 94.9 Å². The second-order valence-electron chi connectivity index (χ2n) is 5.14. The number of pyridine rings is 1. The van der Waals surface area contributed by atoms with Crippen molar-refractivity contribution in [1.29, 1.82) is 5.26 Å². The Morgan fingerprint density at radius 2 is 1.96 bits per heavy atom. The molecule has 0 saturated heterocycles. The van der Waals surface area contributed by atoms with Gasteiger partial charge in [-0.3, -0.25) is 0 Å². The number of aryl methyl sites for hydroxylation is 2. The lowest BCUT2D eigenvalue weighted by atomic mass is 10.2. The molecule has 0 aliphatic rings. The minimum absolute atomic E-state index is 0.246. The highest BCUT2D eigenvalue weighted by Gasteiger charge is 2.16. The SMILES string of the molecule is Cc1ccc(C)c(S(=O)(=O)NCCNc2ccc(C#N)nc2)c1. The van der Waals surface area contributed by atoms with Gasteiger partial charge in [0.25, 0.3) is 0 Å². The van der Waals surface area contributed by atoms with E-state index in [9.17, 15) is 8.42 Å². The Kier molecular flexibility index (Phi) is 5.32. The summed E-state index contributed by atoms with van der Waals surface area (Å²) >= 11 is 0. The summed E-state index contributed by atoms with van der Waals surface area (Å²) in [4.78, 5) is 4.23. The second kappa shape index (κ2) is 7.22. The van der Waals surface area contributed by atoms with Gasteiger partial charge in [-0.1, -0.05) is 12.1 Å². The normalized spacial score (nSPS) is 11.0. The summed E-state index contributed by atoms with van der Waals surface area (Å²) in [6.45, 7) is 4.29. The molecule has 1 aromatic carbocycles. The Balaban J connectivity index is 1.92. The molecule has 0 bridgehead atoms. The highest BCUT2D eigenvalue weighted by Crippen LogP contribution is 2.16. The van der Waals surface area contributed by atoms with Crippen LogP contribution in [-0.2, 0) is 10.0 Å². The molecular weight excluding hydrogens is 312 g/mol. The lowest BCUT2D eigenvalue weighted by molar-refractivity contribution is 0.582. The van der Waals surface area contributed by atoms with E-state index in [1.165, 1.54) is 6.20 Å². The Morgan fingerprint density at radius 1 is 1.17 bits per heavy atom. The summed E-state index contributed by atoms with van der Waals surface area (Å²) in [5.41, 5.74) is 2.69. The zero-order valence-corrected chi connectivity index (χ0v) is 13.8. The van der Waals surface area contributed by atoms with E-state index in [-0.39, 0.29) is 6.54 Å². The van der Waals surface area contributed by atoms with Gasteiger partial charge in [0, 0.05) is 13.1 Å². The van der Waals surface area contributed by atoms with Gasteiger partial charge in [-0.2, -0.15) is 5.26 Å². The number of rotatable bonds is 6. The number of nitriles is 1. The predicted octanol–water partition coefficient (Wildman–Crippen LogP) is 1.96. The van der Waals surface area contributed by atoms with Gasteiger partial charge >= 0.3 is 0 Å². The van der Waals surface area contributed by atoms with Crippen molar-refractivity contribution >= 4 is 15.7 Å². The van der Waals surface area contributed by atoms with E-state index in [4.69, 9.17) is 5.26 Å². The van der Waals surface area contributed by atoms with Crippen molar-refractivity contribution in [3.05, 3.63) is 53.3 Å². The average molecular weight is 330 g/mol. The monoisotopic (exact) mass is 330 g/mol. The average Bonchev–Trinajstić information content (AvgIpc) is 2.54. The molecule has 0 atom stereocenters. The number of sulfonamides is 1. The molecule has 2 aromatic rings. The van der Waals surface area contributed by atoms with E-state index in [0.717, 1.165) is 11.3 Å². The third kappa shape index (κ3) is 4.52. The van der Waals surface area contributed by atoms with Crippen molar-refractivity contribution in [2.75, 3.05) is 18.4 Å². The minimum atomic E-state index is -3.53. The van der Waals surface area contributed by atoms with Gasteiger partial charge in [0.15, 0.2) is 0 Å². The van der Waals surface area contributed by atoms with Crippen LogP contribution in [0.1, 0.15) is 16.8 Å². The number of aromatic nitrogens is 1. The van der Waals surface area contributed by atoms with Gasteiger partial charge in [0.05, 0.1) is 16.8 Å². The molecule has 0 radical (unpaired) electrons. The van der Waals surface area contributed by atoms with Gasteiger partial charge in [-0.15, -0.1) is 0 Å². The summed E-state index contributed by atoms with van der Waals surface area (Å²) in [5, 5.41) is 11.7. The summed E-state index contributed by atoms with van der Waals surface area (Å²) in [7, 11) is -3.53. The van der Waals surface area contributed by atoms with Gasteiger partial charge in [-0.25, -0.2) is 18.1 Å². The van der Waals surface area contributed by atoms with Crippen LogP contribution in [0.3, 0.4) is 0 Å². The molecule has 2 N–H and O–H groups in total. The first kappa shape index (κ1) is 16.9. The summed E-state index contributed by atoms with van der Waals surface area (Å²) < 4.78 is 27.2. The molecule has 0 aliphatic carbocycles. The van der Waals surface area contributed by atoms with E-state index in [2.05, 4.69) is 15.0 Å². The molecule has 7 heteroatoms. The van der Waals surface area contributed by atoms with Gasteiger partial charge in [0.2, 0.25) is 10.0 Å². The van der Waals surface area contributed by atoms with Crippen molar-refractivity contribution < 1.29 is 8.42 Å². The molecule has 1 heterocycles. The summed E-state index contributed by atoms with van der Waals surface area (Å²) in [6.07, 6.45) is 1.54. The maximum atomic E-state index is 12.3.